The number of rotatable bonds is 6. The lowest BCUT2D eigenvalue weighted by Gasteiger charge is -2.23. The van der Waals surface area contributed by atoms with Crippen LogP contribution >= 0.6 is 0 Å². The second-order valence-corrected chi connectivity index (χ2v) is 10.1. The first-order valence-corrected chi connectivity index (χ1v) is 11.9. The molecule has 1 N–H and O–H groups in total. The van der Waals surface area contributed by atoms with E-state index >= 15 is 0 Å². The summed E-state index contributed by atoms with van der Waals surface area (Å²) in [6, 6.07) is 9.90. The molecule has 10 heteroatoms. The molecule has 0 saturated carbocycles. The van der Waals surface area contributed by atoms with Crippen LogP contribution in [0.15, 0.2) is 47.4 Å². The smallest absolute Gasteiger partial charge is 0.324 e. The molecule has 33 heavy (non-hydrogen) atoms. The van der Waals surface area contributed by atoms with Gasteiger partial charge in [0.05, 0.1) is 28.7 Å². The van der Waals surface area contributed by atoms with Crippen LogP contribution < -0.4 is 0 Å². The Morgan fingerprint density at radius 3 is 2.30 bits per heavy atom. The number of β-amino-alcohol motifs (C(OH)–C–C–N with tert-alkyl or cyclic N) is 1. The molecule has 1 unspecified atom stereocenters. The van der Waals surface area contributed by atoms with E-state index in [1.165, 1.54) is 12.1 Å². The highest BCUT2D eigenvalue weighted by Gasteiger charge is 2.44. The number of carbonyl (C=O) groups is 3. The van der Waals surface area contributed by atoms with E-state index in [-0.39, 0.29) is 31.0 Å². The number of ether oxygens (including phenoxy) is 1. The molecule has 0 bridgehead atoms. The highest BCUT2D eigenvalue weighted by molar-refractivity contribution is 7.89. The lowest BCUT2D eigenvalue weighted by molar-refractivity contribution is -0.147. The Balaban J connectivity index is 1.44. The van der Waals surface area contributed by atoms with Crippen molar-refractivity contribution in [2.75, 3.05) is 19.7 Å². The zero-order chi connectivity index (χ0) is 23.9. The van der Waals surface area contributed by atoms with E-state index < -0.39 is 40.0 Å². The Kier molecular flexibility index (Phi) is 6.08. The maximum absolute atomic E-state index is 13.2. The van der Waals surface area contributed by atoms with Gasteiger partial charge in [-0.15, -0.1) is 0 Å². The molecular formula is C23H24N2O7S. The SMILES string of the molecule is Cc1ccc(S(=O)(=O)N2CC(O)C[C@H]2C(=O)OCCN2C(=O)c3ccccc3C2=O)cc1C. The molecule has 2 aliphatic rings. The minimum absolute atomic E-state index is 0.0310. The Morgan fingerprint density at radius 2 is 1.70 bits per heavy atom. The lowest BCUT2D eigenvalue weighted by atomic mass is 10.1. The fraction of sp³-hybridized carbons (Fsp3) is 0.348. The largest absolute Gasteiger partial charge is 0.463 e. The highest BCUT2D eigenvalue weighted by Crippen LogP contribution is 2.28. The second-order valence-electron chi connectivity index (χ2n) is 8.20. The molecule has 0 spiro atoms. The maximum atomic E-state index is 13.2. The number of sulfonamides is 1. The topological polar surface area (TPSA) is 121 Å². The predicted octanol–water partition coefficient (Wildman–Crippen LogP) is 1.27. The molecule has 2 aromatic rings. The summed E-state index contributed by atoms with van der Waals surface area (Å²) in [5.41, 5.74) is 2.30. The zero-order valence-corrected chi connectivity index (χ0v) is 19.0. The fourth-order valence-corrected chi connectivity index (χ4v) is 5.76. The second kappa shape index (κ2) is 8.69. The molecule has 0 aliphatic carbocycles. The number of carbonyl (C=O) groups excluding carboxylic acids is 3. The van der Waals surface area contributed by atoms with Gasteiger partial charge < -0.3 is 9.84 Å². The quantitative estimate of drug-likeness (QED) is 0.496. The van der Waals surface area contributed by atoms with Crippen LogP contribution in [-0.4, -0.2) is 72.4 Å². The predicted molar refractivity (Wildman–Crippen MR) is 117 cm³/mol. The first-order valence-electron chi connectivity index (χ1n) is 10.5. The van der Waals surface area contributed by atoms with Crippen LogP contribution in [0.25, 0.3) is 0 Å². The number of aliphatic hydroxyl groups is 1. The molecule has 0 radical (unpaired) electrons. The number of aryl methyl sites for hydroxylation is 2. The summed E-state index contributed by atoms with van der Waals surface area (Å²) in [7, 11) is -4.05. The summed E-state index contributed by atoms with van der Waals surface area (Å²) in [4.78, 5) is 38.6. The van der Waals surface area contributed by atoms with Crippen LogP contribution in [0, 0.1) is 13.8 Å². The first-order chi connectivity index (χ1) is 15.6. The lowest BCUT2D eigenvalue weighted by Crippen LogP contribution is -2.42. The van der Waals surface area contributed by atoms with Gasteiger partial charge in [0.1, 0.15) is 12.6 Å². The van der Waals surface area contributed by atoms with Crippen molar-refractivity contribution in [2.24, 2.45) is 0 Å². The van der Waals surface area contributed by atoms with Gasteiger partial charge in [-0.2, -0.15) is 4.31 Å². The van der Waals surface area contributed by atoms with Crippen molar-refractivity contribution < 1.29 is 32.6 Å². The molecule has 2 amide bonds. The van der Waals surface area contributed by atoms with E-state index in [1.54, 1.807) is 37.3 Å². The summed E-state index contributed by atoms with van der Waals surface area (Å²) in [5.74, 6) is -1.78. The molecule has 1 saturated heterocycles. The van der Waals surface area contributed by atoms with Crippen molar-refractivity contribution in [1.82, 2.24) is 9.21 Å². The number of aliphatic hydroxyl groups excluding tert-OH is 1. The number of nitrogens with zero attached hydrogens (tertiary/aromatic N) is 2. The van der Waals surface area contributed by atoms with Gasteiger partial charge in [0.2, 0.25) is 10.0 Å². The van der Waals surface area contributed by atoms with E-state index in [9.17, 15) is 27.9 Å². The number of imide groups is 1. The third-order valence-electron chi connectivity index (χ3n) is 6.03. The summed E-state index contributed by atoms with van der Waals surface area (Å²) < 4.78 is 32.5. The summed E-state index contributed by atoms with van der Waals surface area (Å²) >= 11 is 0. The van der Waals surface area contributed by atoms with Crippen LogP contribution in [0.3, 0.4) is 0 Å². The van der Waals surface area contributed by atoms with Gasteiger partial charge in [-0.1, -0.05) is 18.2 Å². The van der Waals surface area contributed by atoms with Crippen LogP contribution in [0.4, 0.5) is 0 Å². The van der Waals surface area contributed by atoms with Crippen molar-refractivity contribution >= 4 is 27.8 Å². The van der Waals surface area contributed by atoms with Crippen molar-refractivity contribution in [3.05, 3.63) is 64.7 Å². The molecule has 174 valence electrons. The Labute approximate surface area is 191 Å². The average molecular weight is 473 g/mol. The van der Waals surface area contributed by atoms with Crippen LogP contribution in [0.5, 0.6) is 0 Å². The molecule has 0 aromatic heterocycles. The van der Waals surface area contributed by atoms with Crippen molar-refractivity contribution in [1.29, 1.82) is 0 Å². The Hall–Kier alpha value is -3.08. The minimum atomic E-state index is -4.05. The van der Waals surface area contributed by atoms with E-state index in [0.29, 0.717) is 11.1 Å². The number of benzene rings is 2. The van der Waals surface area contributed by atoms with Gasteiger partial charge in [-0.05, 0) is 49.2 Å². The Morgan fingerprint density at radius 1 is 1.06 bits per heavy atom. The van der Waals surface area contributed by atoms with Crippen LogP contribution in [0.2, 0.25) is 0 Å². The fourth-order valence-electron chi connectivity index (χ4n) is 4.05. The summed E-state index contributed by atoms with van der Waals surface area (Å²) in [5, 5.41) is 10.1. The summed E-state index contributed by atoms with van der Waals surface area (Å²) in [6.07, 6.45) is -1.12. The van der Waals surface area contributed by atoms with Gasteiger partial charge >= 0.3 is 5.97 Å². The third-order valence-corrected chi connectivity index (χ3v) is 7.90. The van der Waals surface area contributed by atoms with Gasteiger partial charge in [-0.3, -0.25) is 19.3 Å². The zero-order valence-electron chi connectivity index (χ0n) is 18.2. The number of hydrogen-bond acceptors (Lipinski definition) is 7. The molecule has 2 aliphatic heterocycles. The van der Waals surface area contributed by atoms with Gasteiger partial charge in [0.25, 0.3) is 11.8 Å². The van der Waals surface area contributed by atoms with E-state index in [1.807, 2.05) is 6.92 Å². The molecule has 2 aromatic carbocycles. The molecule has 2 heterocycles. The third kappa shape index (κ3) is 4.17. The molecule has 1 fully saturated rings. The Bertz CT molecular complexity index is 1210. The van der Waals surface area contributed by atoms with Crippen LogP contribution in [-0.2, 0) is 19.6 Å². The van der Waals surface area contributed by atoms with E-state index in [4.69, 9.17) is 4.74 Å². The standard InChI is InChI=1S/C23H24N2O7S/c1-14-7-8-17(11-15(14)2)33(30,31)25-13-16(26)12-20(25)23(29)32-10-9-24-21(27)18-5-3-4-6-19(18)22(24)28/h3-8,11,16,20,26H,9-10,12-13H2,1-2H3/t16?,20-/m0/s1. The van der Waals surface area contributed by atoms with Crippen molar-refractivity contribution in [3.63, 3.8) is 0 Å². The number of amides is 2. The molecular weight excluding hydrogens is 448 g/mol. The van der Waals surface area contributed by atoms with Gasteiger partial charge in [0.15, 0.2) is 0 Å². The highest BCUT2D eigenvalue weighted by atomic mass is 32.2. The van der Waals surface area contributed by atoms with E-state index in [0.717, 1.165) is 20.3 Å². The first kappa shape index (κ1) is 23.1. The minimum Gasteiger partial charge on any atom is -0.463 e. The monoisotopic (exact) mass is 472 g/mol. The molecule has 9 nitrogen and oxygen atoms in total. The van der Waals surface area contributed by atoms with E-state index in [2.05, 4.69) is 0 Å². The molecule has 2 atom stereocenters. The van der Waals surface area contributed by atoms with Crippen LogP contribution in [0.1, 0.15) is 38.3 Å². The number of hydrogen-bond donors (Lipinski definition) is 1. The maximum Gasteiger partial charge on any atom is 0.324 e. The number of fused-ring (bicyclic) bond motifs is 1. The van der Waals surface area contributed by atoms with Gasteiger partial charge in [-0.25, -0.2) is 8.42 Å². The average Bonchev–Trinajstić information content (AvgIpc) is 3.30. The normalized spacial score (nSPS) is 20.9. The number of esters is 1. The molecule has 4 rings (SSSR count). The van der Waals surface area contributed by atoms with Gasteiger partial charge in [0, 0.05) is 13.0 Å². The van der Waals surface area contributed by atoms with Crippen molar-refractivity contribution in [2.45, 2.75) is 37.3 Å². The summed E-state index contributed by atoms with van der Waals surface area (Å²) in [6.45, 7) is 2.98. The van der Waals surface area contributed by atoms with Crippen molar-refractivity contribution in [3.8, 4) is 0 Å².